The summed E-state index contributed by atoms with van der Waals surface area (Å²) in [5.74, 6) is 0.682. The van der Waals surface area contributed by atoms with E-state index in [1.807, 2.05) is 6.07 Å². The third kappa shape index (κ3) is 5.88. The summed E-state index contributed by atoms with van der Waals surface area (Å²) in [5.41, 5.74) is 6.72. The number of carbonyl (C=O) groups is 2. The highest BCUT2D eigenvalue weighted by molar-refractivity contribution is 6.07. The van der Waals surface area contributed by atoms with Gasteiger partial charge in [-0.2, -0.15) is 0 Å². The van der Waals surface area contributed by atoms with Crippen molar-refractivity contribution in [2.75, 3.05) is 19.0 Å². The molecule has 142 valence electrons. The van der Waals surface area contributed by atoms with Gasteiger partial charge in [-0.15, -0.1) is 0 Å². The van der Waals surface area contributed by atoms with Crippen LogP contribution in [0.5, 0.6) is 11.5 Å². The molecule has 3 N–H and O–H groups in total. The topological polar surface area (TPSA) is 90.6 Å². The standard InChI is InChI=1S/C21H24N2O4/c1-14(2)13-27-18-10-8-15(12-19(18)26-3)9-11-20(24)23-17-7-5-4-6-16(17)21(22)25/h4-12,14H,13H2,1-3H3,(H2,22,25)(H,23,24)/b11-9+. The first-order valence-electron chi connectivity index (χ1n) is 8.59. The summed E-state index contributed by atoms with van der Waals surface area (Å²) in [6.07, 6.45) is 3.03. The van der Waals surface area contributed by atoms with Gasteiger partial charge in [0.2, 0.25) is 5.91 Å². The SMILES string of the molecule is COc1cc(/C=C/C(=O)Nc2ccccc2C(N)=O)ccc1OCC(C)C. The molecular formula is C21H24N2O4. The Bertz CT molecular complexity index is 844. The molecule has 6 heteroatoms. The van der Waals surface area contributed by atoms with Crippen LogP contribution in [0.3, 0.4) is 0 Å². The molecule has 0 aliphatic heterocycles. The summed E-state index contributed by atoms with van der Waals surface area (Å²) in [6.45, 7) is 4.73. The van der Waals surface area contributed by atoms with E-state index in [-0.39, 0.29) is 11.5 Å². The fourth-order valence-electron chi connectivity index (χ4n) is 2.32. The van der Waals surface area contributed by atoms with Crippen LogP contribution in [0.15, 0.2) is 48.5 Å². The Labute approximate surface area is 159 Å². The second kappa shape index (κ2) is 9.43. The van der Waals surface area contributed by atoms with Gasteiger partial charge in [-0.1, -0.05) is 32.0 Å². The zero-order valence-corrected chi connectivity index (χ0v) is 15.7. The number of benzene rings is 2. The highest BCUT2D eigenvalue weighted by atomic mass is 16.5. The average Bonchev–Trinajstić information content (AvgIpc) is 2.65. The van der Waals surface area contributed by atoms with E-state index in [0.29, 0.717) is 29.7 Å². The first kappa shape index (κ1) is 20.0. The lowest BCUT2D eigenvalue weighted by molar-refractivity contribution is -0.111. The summed E-state index contributed by atoms with van der Waals surface area (Å²) >= 11 is 0. The monoisotopic (exact) mass is 368 g/mol. The number of primary amides is 1. The first-order valence-corrected chi connectivity index (χ1v) is 8.59. The lowest BCUT2D eigenvalue weighted by atomic mass is 10.1. The maximum absolute atomic E-state index is 12.2. The van der Waals surface area contributed by atoms with Gasteiger partial charge in [-0.25, -0.2) is 0 Å². The van der Waals surface area contributed by atoms with Crippen LogP contribution in [0.4, 0.5) is 5.69 Å². The zero-order chi connectivity index (χ0) is 19.8. The number of nitrogens with two attached hydrogens (primary N) is 1. The predicted molar refractivity (Wildman–Crippen MR) is 106 cm³/mol. The van der Waals surface area contributed by atoms with Gasteiger partial charge in [0.15, 0.2) is 11.5 Å². The molecule has 0 spiro atoms. The van der Waals surface area contributed by atoms with Crippen molar-refractivity contribution in [2.24, 2.45) is 11.7 Å². The minimum Gasteiger partial charge on any atom is -0.493 e. The molecule has 6 nitrogen and oxygen atoms in total. The maximum atomic E-state index is 12.2. The van der Waals surface area contributed by atoms with Crippen molar-refractivity contribution < 1.29 is 19.1 Å². The molecule has 2 amide bonds. The van der Waals surface area contributed by atoms with E-state index in [0.717, 1.165) is 5.56 Å². The van der Waals surface area contributed by atoms with E-state index in [1.165, 1.54) is 6.08 Å². The highest BCUT2D eigenvalue weighted by Gasteiger charge is 2.09. The fourth-order valence-corrected chi connectivity index (χ4v) is 2.32. The molecular weight excluding hydrogens is 344 g/mol. The van der Waals surface area contributed by atoms with Crippen LogP contribution in [-0.4, -0.2) is 25.5 Å². The molecule has 0 saturated heterocycles. The number of methoxy groups -OCH3 is 1. The summed E-state index contributed by atoms with van der Waals surface area (Å²) < 4.78 is 11.1. The van der Waals surface area contributed by atoms with Crippen LogP contribution >= 0.6 is 0 Å². The van der Waals surface area contributed by atoms with Crippen LogP contribution in [0.1, 0.15) is 29.8 Å². The average molecular weight is 368 g/mol. The number of para-hydroxylation sites is 1. The molecule has 0 radical (unpaired) electrons. The molecule has 0 heterocycles. The van der Waals surface area contributed by atoms with Gasteiger partial charge in [0.05, 0.1) is 25.0 Å². The van der Waals surface area contributed by atoms with E-state index in [4.69, 9.17) is 15.2 Å². The van der Waals surface area contributed by atoms with E-state index in [2.05, 4.69) is 19.2 Å². The van der Waals surface area contributed by atoms with Crippen LogP contribution in [0.25, 0.3) is 6.08 Å². The zero-order valence-electron chi connectivity index (χ0n) is 15.7. The van der Waals surface area contributed by atoms with Crippen LogP contribution in [0, 0.1) is 5.92 Å². The molecule has 2 aromatic carbocycles. The largest absolute Gasteiger partial charge is 0.493 e. The molecule has 0 atom stereocenters. The quantitative estimate of drug-likeness (QED) is 0.698. The Morgan fingerprint density at radius 3 is 2.56 bits per heavy atom. The number of ether oxygens (including phenoxy) is 2. The Balaban J connectivity index is 2.09. The van der Waals surface area contributed by atoms with Crippen molar-refractivity contribution >= 4 is 23.6 Å². The first-order chi connectivity index (χ1) is 12.9. The smallest absolute Gasteiger partial charge is 0.250 e. The van der Waals surface area contributed by atoms with Gasteiger partial charge in [-0.05, 0) is 41.8 Å². The fraction of sp³-hybridized carbons (Fsp3) is 0.238. The molecule has 2 rings (SSSR count). The van der Waals surface area contributed by atoms with E-state index in [9.17, 15) is 9.59 Å². The number of amides is 2. The van der Waals surface area contributed by atoms with E-state index >= 15 is 0 Å². The second-order valence-electron chi connectivity index (χ2n) is 6.35. The molecule has 0 unspecified atom stereocenters. The van der Waals surface area contributed by atoms with Crippen LogP contribution < -0.4 is 20.5 Å². The Morgan fingerprint density at radius 2 is 1.89 bits per heavy atom. The van der Waals surface area contributed by atoms with Gasteiger partial charge in [0, 0.05) is 6.08 Å². The van der Waals surface area contributed by atoms with Crippen molar-refractivity contribution in [2.45, 2.75) is 13.8 Å². The lowest BCUT2D eigenvalue weighted by Gasteiger charge is -2.12. The number of nitrogens with one attached hydrogen (secondary N) is 1. The number of rotatable bonds is 8. The highest BCUT2D eigenvalue weighted by Crippen LogP contribution is 2.29. The van der Waals surface area contributed by atoms with Gasteiger partial charge < -0.3 is 20.5 Å². The molecule has 0 fully saturated rings. The van der Waals surface area contributed by atoms with Crippen molar-refractivity contribution in [1.29, 1.82) is 0 Å². The summed E-state index contributed by atoms with van der Waals surface area (Å²) in [5, 5.41) is 2.65. The van der Waals surface area contributed by atoms with Crippen molar-refractivity contribution in [3.63, 3.8) is 0 Å². The molecule has 0 aromatic heterocycles. The summed E-state index contributed by atoms with van der Waals surface area (Å²) in [7, 11) is 1.57. The van der Waals surface area contributed by atoms with Gasteiger partial charge >= 0.3 is 0 Å². The third-order valence-electron chi connectivity index (χ3n) is 3.64. The molecule has 0 aliphatic carbocycles. The van der Waals surface area contributed by atoms with Crippen LogP contribution in [-0.2, 0) is 4.79 Å². The van der Waals surface area contributed by atoms with Crippen LogP contribution in [0.2, 0.25) is 0 Å². The normalized spacial score (nSPS) is 10.8. The summed E-state index contributed by atoms with van der Waals surface area (Å²) in [4.78, 5) is 23.6. The molecule has 27 heavy (non-hydrogen) atoms. The number of hydrogen-bond donors (Lipinski definition) is 2. The van der Waals surface area contributed by atoms with Crippen molar-refractivity contribution in [1.82, 2.24) is 0 Å². The van der Waals surface area contributed by atoms with Gasteiger partial charge in [-0.3, -0.25) is 9.59 Å². The van der Waals surface area contributed by atoms with Gasteiger partial charge in [0.1, 0.15) is 0 Å². The molecule has 0 saturated carbocycles. The van der Waals surface area contributed by atoms with Crippen molar-refractivity contribution in [3.05, 3.63) is 59.7 Å². The minimum atomic E-state index is -0.600. The Morgan fingerprint density at radius 1 is 1.15 bits per heavy atom. The lowest BCUT2D eigenvalue weighted by Crippen LogP contribution is -2.16. The Kier molecular flexibility index (Phi) is 7.00. The molecule has 0 bridgehead atoms. The van der Waals surface area contributed by atoms with E-state index in [1.54, 1.807) is 49.6 Å². The number of hydrogen-bond acceptors (Lipinski definition) is 4. The predicted octanol–water partition coefficient (Wildman–Crippen LogP) is 3.48. The molecule has 0 aliphatic rings. The van der Waals surface area contributed by atoms with E-state index < -0.39 is 5.91 Å². The molecule has 2 aromatic rings. The number of carbonyl (C=O) groups excluding carboxylic acids is 2. The summed E-state index contributed by atoms with van der Waals surface area (Å²) in [6, 6.07) is 12.0. The third-order valence-corrected chi connectivity index (χ3v) is 3.64. The minimum absolute atomic E-state index is 0.257. The Hall–Kier alpha value is -3.28. The maximum Gasteiger partial charge on any atom is 0.250 e. The van der Waals surface area contributed by atoms with Crippen molar-refractivity contribution in [3.8, 4) is 11.5 Å². The van der Waals surface area contributed by atoms with Gasteiger partial charge in [0.25, 0.3) is 5.91 Å². The number of anilines is 1. The second-order valence-corrected chi connectivity index (χ2v) is 6.35.